The summed E-state index contributed by atoms with van der Waals surface area (Å²) in [5.41, 5.74) is 7.09. The van der Waals surface area contributed by atoms with Gasteiger partial charge in [0.1, 0.15) is 5.69 Å². The number of nitrogens with one attached hydrogen (secondary N) is 3. The van der Waals surface area contributed by atoms with E-state index in [1.54, 1.807) is 0 Å². The molecular weight excluding hydrogens is 518 g/mol. The van der Waals surface area contributed by atoms with E-state index in [9.17, 15) is 4.79 Å². The molecule has 0 radical (unpaired) electrons. The van der Waals surface area contributed by atoms with Gasteiger partial charge in [-0.3, -0.25) is 14.9 Å². The summed E-state index contributed by atoms with van der Waals surface area (Å²) in [5, 5.41) is 18.6. The second-order valence-electron chi connectivity index (χ2n) is 11.3. The molecule has 210 valence electrons. The summed E-state index contributed by atoms with van der Waals surface area (Å²) in [6.45, 7) is 12.1. The number of carbonyl (C=O) groups is 1. The van der Waals surface area contributed by atoms with Crippen molar-refractivity contribution in [3.05, 3.63) is 71.6 Å². The minimum Gasteiger partial charge on any atom is -0.368 e. The zero-order chi connectivity index (χ0) is 28.6. The molecule has 6 rings (SSSR count). The summed E-state index contributed by atoms with van der Waals surface area (Å²) in [6.07, 6.45) is 3.76. The molecule has 1 amide bonds. The van der Waals surface area contributed by atoms with Crippen molar-refractivity contribution >= 4 is 22.6 Å². The summed E-state index contributed by atoms with van der Waals surface area (Å²) >= 11 is 0. The van der Waals surface area contributed by atoms with Gasteiger partial charge in [-0.25, -0.2) is 4.98 Å². The number of aryl methyl sites for hydroxylation is 1. The highest BCUT2D eigenvalue weighted by Gasteiger charge is 2.24. The number of rotatable bonds is 6. The summed E-state index contributed by atoms with van der Waals surface area (Å²) in [5.74, 6) is 0.0812. The Morgan fingerprint density at radius 1 is 1.05 bits per heavy atom. The van der Waals surface area contributed by atoms with Crippen LogP contribution in [-0.2, 0) is 12.0 Å². The van der Waals surface area contributed by atoms with Crippen LogP contribution in [0.1, 0.15) is 48.4 Å². The third kappa shape index (κ3) is 5.53. The van der Waals surface area contributed by atoms with E-state index >= 15 is 0 Å². The Bertz CT molecular complexity index is 1690. The predicted molar refractivity (Wildman–Crippen MR) is 157 cm³/mol. The van der Waals surface area contributed by atoms with Crippen molar-refractivity contribution < 1.29 is 9.32 Å². The number of nitrogens with zero attached hydrogens (tertiary/aromatic N) is 6. The van der Waals surface area contributed by atoms with E-state index in [0.717, 1.165) is 70.9 Å². The maximum atomic E-state index is 12.6. The summed E-state index contributed by atoms with van der Waals surface area (Å²) in [4.78, 5) is 28.5. The lowest BCUT2D eigenvalue weighted by Crippen LogP contribution is -2.43. The molecule has 1 fully saturated rings. The van der Waals surface area contributed by atoms with E-state index in [0.29, 0.717) is 18.1 Å². The van der Waals surface area contributed by atoms with Crippen molar-refractivity contribution in [2.45, 2.75) is 39.7 Å². The molecule has 0 saturated carbocycles. The van der Waals surface area contributed by atoms with Crippen molar-refractivity contribution in [3.8, 4) is 22.5 Å². The van der Waals surface area contributed by atoms with Crippen LogP contribution in [0.25, 0.3) is 33.5 Å². The van der Waals surface area contributed by atoms with Gasteiger partial charge in [-0.2, -0.15) is 10.1 Å². The molecule has 41 heavy (non-hydrogen) atoms. The van der Waals surface area contributed by atoms with Gasteiger partial charge < -0.3 is 20.1 Å². The number of H-pyrrole nitrogens is 1. The zero-order valence-corrected chi connectivity index (χ0v) is 23.7. The number of hydrogen-bond donors (Lipinski definition) is 3. The van der Waals surface area contributed by atoms with Crippen LogP contribution in [0.4, 0.5) is 5.69 Å². The number of anilines is 1. The van der Waals surface area contributed by atoms with Crippen LogP contribution in [0, 0.1) is 6.92 Å². The number of hydrogen-bond acceptors (Lipinski definition) is 9. The van der Waals surface area contributed by atoms with E-state index in [4.69, 9.17) is 9.51 Å². The molecule has 11 nitrogen and oxygen atoms in total. The Morgan fingerprint density at radius 3 is 2.59 bits per heavy atom. The van der Waals surface area contributed by atoms with Gasteiger partial charge in [-0.15, -0.1) is 0 Å². The van der Waals surface area contributed by atoms with Gasteiger partial charge in [0.05, 0.1) is 17.6 Å². The Morgan fingerprint density at radius 2 is 1.88 bits per heavy atom. The molecule has 1 saturated heterocycles. The Balaban J connectivity index is 1.18. The fraction of sp³-hybridized carbons (Fsp3) is 0.333. The smallest absolute Gasteiger partial charge is 0.292 e. The summed E-state index contributed by atoms with van der Waals surface area (Å²) in [6, 6.07) is 12.3. The highest BCUT2D eigenvalue weighted by Crippen LogP contribution is 2.30. The molecule has 3 N–H and O–H groups in total. The van der Waals surface area contributed by atoms with Gasteiger partial charge in [-0.05, 0) is 42.3 Å². The number of amides is 1. The number of aromatic nitrogens is 6. The van der Waals surface area contributed by atoms with Crippen molar-refractivity contribution in [2.24, 2.45) is 0 Å². The molecule has 5 aromatic rings. The predicted octanol–water partition coefficient (Wildman–Crippen LogP) is 4.02. The number of pyridine rings is 2. The quantitative estimate of drug-likeness (QED) is 0.286. The van der Waals surface area contributed by atoms with Crippen molar-refractivity contribution in [1.82, 2.24) is 40.9 Å². The number of carbonyl (C=O) groups excluding carboxylic acids is 1. The second kappa shape index (κ2) is 10.7. The van der Waals surface area contributed by atoms with Gasteiger partial charge in [0.25, 0.3) is 11.7 Å². The second-order valence-corrected chi connectivity index (χ2v) is 11.3. The van der Waals surface area contributed by atoms with Crippen LogP contribution in [0.15, 0.2) is 53.3 Å². The molecule has 4 aromatic heterocycles. The number of fused-ring (bicyclic) bond motifs is 1. The third-order valence-electron chi connectivity index (χ3n) is 7.27. The molecule has 5 heterocycles. The van der Waals surface area contributed by atoms with Crippen LogP contribution < -0.4 is 15.5 Å². The van der Waals surface area contributed by atoms with Gasteiger partial charge in [0.15, 0.2) is 5.65 Å². The molecule has 0 aliphatic carbocycles. The number of piperazine rings is 1. The maximum absolute atomic E-state index is 12.6. The van der Waals surface area contributed by atoms with Crippen LogP contribution in [0.3, 0.4) is 0 Å². The minimum atomic E-state index is -0.376. The van der Waals surface area contributed by atoms with Crippen LogP contribution in [-0.4, -0.2) is 62.4 Å². The van der Waals surface area contributed by atoms with E-state index < -0.39 is 0 Å². The first-order chi connectivity index (χ1) is 19.8. The van der Waals surface area contributed by atoms with Crippen LogP contribution in [0.5, 0.6) is 0 Å². The summed E-state index contributed by atoms with van der Waals surface area (Å²) < 4.78 is 5.24. The normalized spacial score (nSPS) is 14.0. The first-order valence-electron chi connectivity index (χ1n) is 13.7. The number of benzene rings is 1. The molecule has 1 aliphatic rings. The fourth-order valence-corrected chi connectivity index (χ4v) is 4.85. The molecule has 0 atom stereocenters. The highest BCUT2D eigenvalue weighted by atomic mass is 16.5. The Kier molecular flexibility index (Phi) is 6.96. The monoisotopic (exact) mass is 551 g/mol. The average Bonchev–Trinajstić information content (AvgIpc) is 3.65. The molecule has 0 bridgehead atoms. The number of aromatic amines is 1. The molecule has 1 aliphatic heterocycles. The minimum absolute atomic E-state index is 0.0309. The Hall–Kier alpha value is -4.64. The topological polar surface area (TPSA) is 138 Å². The van der Waals surface area contributed by atoms with Gasteiger partial charge >= 0.3 is 0 Å². The standard InChI is InChI=1S/C30H33N9O2/c1-18-13-19(5-6-20(18)15-34-28(40)27-35-29(41-38-27)30(2,3)4)25-23-14-21(16-33-26(23)37-36-25)24-8-7-22(17-32-24)39-11-9-31-10-12-39/h5-8,13-14,16-17,31H,9-12,15H2,1-4H3,(H,34,40)(H,33,36,37). The highest BCUT2D eigenvalue weighted by molar-refractivity contribution is 5.93. The molecule has 0 unspecified atom stereocenters. The lowest BCUT2D eigenvalue weighted by Gasteiger charge is -2.29. The van der Waals surface area contributed by atoms with Crippen molar-refractivity contribution in [3.63, 3.8) is 0 Å². The first kappa shape index (κ1) is 26.6. The third-order valence-corrected chi connectivity index (χ3v) is 7.27. The molecular formula is C30H33N9O2. The molecule has 11 heteroatoms. The van der Waals surface area contributed by atoms with Crippen molar-refractivity contribution in [2.75, 3.05) is 31.1 Å². The summed E-state index contributed by atoms with van der Waals surface area (Å²) in [7, 11) is 0. The van der Waals surface area contributed by atoms with Gasteiger partial charge in [0.2, 0.25) is 5.89 Å². The van der Waals surface area contributed by atoms with E-state index in [1.807, 2.05) is 58.3 Å². The Labute approximate surface area is 237 Å². The van der Waals surface area contributed by atoms with Gasteiger partial charge in [0, 0.05) is 60.8 Å². The first-order valence-corrected chi connectivity index (χ1v) is 13.7. The van der Waals surface area contributed by atoms with Gasteiger partial charge in [-0.1, -0.05) is 38.1 Å². The fourth-order valence-electron chi connectivity index (χ4n) is 4.85. The largest absolute Gasteiger partial charge is 0.368 e. The van der Waals surface area contributed by atoms with Crippen LogP contribution in [0.2, 0.25) is 0 Å². The average molecular weight is 552 g/mol. The van der Waals surface area contributed by atoms with E-state index in [-0.39, 0.29) is 17.1 Å². The van der Waals surface area contributed by atoms with E-state index in [1.165, 1.54) is 0 Å². The van der Waals surface area contributed by atoms with Crippen molar-refractivity contribution in [1.29, 1.82) is 0 Å². The molecule has 0 spiro atoms. The lowest BCUT2D eigenvalue weighted by atomic mass is 9.97. The van der Waals surface area contributed by atoms with Crippen LogP contribution >= 0.6 is 0 Å². The zero-order valence-electron chi connectivity index (χ0n) is 23.7. The maximum Gasteiger partial charge on any atom is 0.292 e. The van der Waals surface area contributed by atoms with E-state index in [2.05, 4.69) is 59.1 Å². The lowest BCUT2D eigenvalue weighted by molar-refractivity contribution is 0.0937. The SMILES string of the molecule is Cc1cc(-c2n[nH]c3ncc(-c4ccc(N5CCNCC5)cn4)cc23)ccc1CNC(=O)c1noc(C(C)(C)C)n1. The molecule has 1 aromatic carbocycles.